The van der Waals surface area contributed by atoms with Crippen LogP contribution in [0.2, 0.25) is 0 Å². The zero-order chi connectivity index (χ0) is 16.1. The number of hydrogen-bond acceptors (Lipinski definition) is 5. The molecule has 23 heavy (non-hydrogen) atoms. The molecule has 1 atom stereocenters. The first-order valence-electron chi connectivity index (χ1n) is 7.91. The Kier molecular flexibility index (Phi) is 4.97. The standard InChI is InChI=1S/C16H21N5O2/c1-12-18-19-20-21(12)15-4-2-13(3-5-15)10-16(22)17-8-6-14-7-9-23-11-14/h2-5,14H,6-11H2,1H3,(H,17,22)/t14-/m0/s1. The van der Waals surface area contributed by atoms with Gasteiger partial charge in [0.25, 0.3) is 0 Å². The molecule has 1 saturated heterocycles. The molecule has 1 aromatic carbocycles. The first-order valence-corrected chi connectivity index (χ1v) is 7.91. The molecule has 2 heterocycles. The summed E-state index contributed by atoms with van der Waals surface area (Å²) in [5.41, 5.74) is 1.86. The van der Waals surface area contributed by atoms with E-state index in [2.05, 4.69) is 20.8 Å². The van der Waals surface area contributed by atoms with Gasteiger partial charge in [-0.3, -0.25) is 4.79 Å². The lowest BCUT2D eigenvalue weighted by Gasteiger charge is -2.09. The molecule has 2 aromatic rings. The van der Waals surface area contributed by atoms with Gasteiger partial charge in [-0.15, -0.1) is 5.10 Å². The third-order valence-corrected chi connectivity index (χ3v) is 4.07. The summed E-state index contributed by atoms with van der Waals surface area (Å²) in [7, 11) is 0. The van der Waals surface area contributed by atoms with Gasteiger partial charge in [-0.1, -0.05) is 12.1 Å². The molecule has 1 aromatic heterocycles. The van der Waals surface area contributed by atoms with Crippen LogP contribution in [0.3, 0.4) is 0 Å². The number of aryl methyl sites for hydroxylation is 1. The molecular formula is C16H21N5O2. The Balaban J connectivity index is 1.47. The van der Waals surface area contributed by atoms with E-state index in [-0.39, 0.29) is 5.91 Å². The zero-order valence-electron chi connectivity index (χ0n) is 13.2. The Morgan fingerprint density at radius 3 is 2.87 bits per heavy atom. The summed E-state index contributed by atoms with van der Waals surface area (Å²) in [6, 6.07) is 7.70. The minimum Gasteiger partial charge on any atom is -0.381 e. The maximum atomic E-state index is 12.0. The van der Waals surface area contributed by atoms with E-state index < -0.39 is 0 Å². The van der Waals surface area contributed by atoms with Crippen LogP contribution in [0.5, 0.6) is 0 Å². The summed E-state index contributed by atoms with van der Waals surface area (Å²) in [4.78, 5) is 12.0. The number of hydrogen-bond donors (Lipinski definition) is 1. The molecule has 0 unspecified atom stereocenters. The van der Waals surface area contributed by atoms with Gasteiger partial charge in [0.15, 0.2) is 5.82 Å². The fraction of sp³-hybridized carbons (Fsp3) is 0.500. The van der Waals surface area contributed by atoms with Crippen LogP contribution in [0, 0.1) is 12.8 Å². The van der Waals surface area contributed by atoms with Crippen LogP contribution in [-0.4, -0.2) is 45.9 Å². The van der Waals surface area contributed by atoms with Gasteiger partial charge in [-0.05, 0) is 53.8 Å². The lowest BCUT2D eigenvalue weighted by Crippen LogP contribution is -2.27. The quantitative estimate of drug-likeness (QED) is 0.862. The summed E-state index contributed by atoms with van der Waals surface area (Å²) >= 11 is 0. The smallest absolute Gasteiger partial charge is 0.224 e. The number of amides is 1. The fourth-order valence-corrected chi connectivity index (χ4v) is 2.70. The van der Waals surface area contributed by atoms with Gasteiger partial charge < -0.3 is 10.1 Å². The third-order valence-electron chi connectivity index (χ3n) is 4.07. The molecule has 0 spiro atoms. The zero-order valence-corrected chi connectivity index (χ0v) is 13.2. The van der Waals surface area contributed by atoms with Crippen LogP contribution >= 0.6 is 0 Å². The van der Waals surface area contributed by atoms with E-state index in [1.54, 1.807) is 4.68 Å². The van der Waals surface area contributed by atoms with E-state index in [0.717, 1.165) is 49.7 Å². The van der Waals surface area contributed by atoms with Gasteiger partial charge in [0, 0.05) is 19.8 Å². The average molecular weight is 315 g/mol. The molecule has 1 amide bonds. The van der Waals surface area contributed by atoms with Crippen molar-refractivity contribution < 1.29 is 9.53 Å². The number of carbonyl (C=O) groups is 1. The van der Waals surface area contributed by atoms with Crippen molar-refractivity contribution >= 4 is 5.91 Å². The summed E-state index contributed by atoms with van der Waals surface area (Å²) in [6.45, 7) is 4.24. The molecule has 1 fully saturated rings. The normalized spacial score (nSPS) is 17.3. The minimum atomic E-state index is 0.0512. The van der Waals surface area contributed by atoms with Crippen molar-refractivity contribution in [1.29, 1.82) is 0 Å². The van der Waals surface area contributed by atoms with E-state index in [0.29, 0.717) is 12.3 Å². The number of rotatable bonds is 6. The van der Waals surface area contributed by atoms with Crippen LogP contribution in [0.25, 0.3) is 5.69 Å². The highest BCUT2D eigenvalue weighted by atomic mass is 16.5. The molecule has 1 aliphatic rings. The number of carbonyl (C=O) groups excluding carboxylic acids is 1. The molecule has 1 aliphatic heterocycles. The van der Waals surface area contributed by atoms with Crippen LogP contribution in [-0.2, 0) is 16.0 Å². The first kappa shape index (κ1) is 15.6. The predicted molar refractivity (Wildman–Crippen MR) is 84.1 cm³/mol. The van der Waals surface area contributed by atoms with Gasteiger partial charge in [0.05, 0.1) is 12.1 Å². The van der Waals surface area contributed by atoms with E-state index in [1.165, 1.54) is 0 Å². The molecule has 3 rings (SSSR count). The topological polar surface area (TPSA) is 81.9 Å². The van der Waals surface area contributed by atoms with Crippen LogP contribution < -0.4 is 5.32 Å². The predicted octanol–water partition coefficient (Wildman–Crippen LogP) is 1.06. The molecule has 7 nitrogen and oxygen atoms in total. The van der Waals surface area contributed by atoms with Gasteiger partial charge in [-0.2, -0.15) is 4.68 Å². The summed E-state index contributed by atoms with van der Waals surface area (Å²) in [6.07, 6.45) is 2.48. The average Bonchev–Trinajstić information content (AvgIpc) is 3.20. The number of ether oxygens (including phenoxy) is 1. The molecule has 0 aliphatic carbocycles. The van der Waals surface area contributed by atoms with Crippen molar-refractivity contribution in [2.45, 2.75) is 26.2 Å². The van der Waals surface area contributed by atoms with E-state index in [1.807, 2.05) is 31.2 Å². The van der Waals surface area contributed by atoms with Gasteiger partial charge >= 0.3 is 0 Å². The first-order chi connectivity index (χ1) is 11.2. The lowest BCUT2D eigenvalue weighted by molar-refractivity contribution is -0.120. The second-order valence-electron chi connectivity index (χ2n) is 5.85. The van der Waals surface area contributed by atoms with E-state index in [9.17, 15) is 4.79 Å². The highest BCUT2D eigenvalue weighted by Crippen LogP contribution is 2.15. The SMILES string of the molecule is Cc1nnnn1-c1ccc(CC(=O)NCC[C@H]2CCOC2)cc1. The highest BCUT2D eigenvalue weighted by molar-refractivity contribution is 5.78. The Hall–Kier alpha value is -2.28. The number of aromatic nitrogens is 4. The van der Waals surface area contributed by atoms with Crippen molar-refractivity contribution in [2.24, 2.45) is 5.92 Å². The van der Waals surface area contributed by atoms with Crippen molar-refractivity contribution in [3.8, 4) is 5.69 Å². The largest absolute Gasteiger partial charge is 0.381 e. The minimum absolute atomic E-state index is 0.0512. The van der Waals surface area contributed by atoms with Crippen molar-refractivity contribution in [3.63, 3.8) is 0 Å². The van der Waals surface area contributed by atoms with Crippen molar-refractivity contribution in [2.75, 3.05) is 19.8 Å². The van der Waals surface area contributed by atoms with E-state index in [4.69, 9.17) is 4.74 Å². The molecule has 1 N–H and O–H groups in total. The summed E-state index contributed by atoms with van der Waals surface area (Å²) in [5.74, 6) is 1.37. The Labute approximate surface area is 135 Å². The van der Waals surface area contributed by atoms with Gasteiger partial charge in [-0.25, -0.2) is 0 Å². The molecule has 122 valence electrons. The monoisotopic (exact) mass is 315 g/mol. The van der Waals surface area contributed by atoms with Crippen molar-refractivity contribution in [3.05, 3.63) is 35.7 Å². The highest BCUT2D eigenvalue weighted by Gasteiger charge is 2.15. The maximum absolute atomic E-state index is 12.0. The lowest BCUT2D eigenvalue weighted by atomic mass is 10.1. The third kappa shape index (κ3) is 4.13. The summed E-state index contributed by atoms with van der Waals surface area (Å²) in [5, 5.41) is 14.4. The molecule has 0 saturated carbocycles. The fourth-order valence-electron chi connectivity index (χ4n) is 2.70. The maximum Gasteiger partial charge on any atom is 0.224 e. The molecule has 0 radical (unpaired) electrons. The van der Waals surface area contributed by atoms with Gasteiger partial charge in [0.2, 0.25) is 5.91 Å². The molecule has 0 bridgehead atoms. The van der Waals surface area contributed by atoms with Crippen LogP contribution in [0.15, 0.2) is 24.3 Å². The Morgan fingerprint density at radius 2 is 2.22 bits per heavy atom. The number of nitrogens with zero attached hydrogens (tertiary/aromatic N) is 4. The number of tetrazole rings is 1. The Morgan fingerprint density at radius 1 is 1.39 bits per heavy atom. The van der Waals surface area contributed by atoms with Crippen LogP contribution in [0.4, 0.5) is 0 Å². The van der Waals surface area contributed by atoms with Crippen LogP contribution in [0.1, 0.15) is 24.2 Å². The molecular weight excluding hydrogens is 294 g/mol. The van der Waals surface area contributed by atoms with E-state index >= 15 is 0 Å². The Bertz CT molecular complexity index is 647. The number of benzene rings is 1. The summed E-state index contributed by atoms with van der Waals surface area (Å²) < 4.78 is 6.99. The second-order valence-corrected chi connectivity index (χ2v) is 5.85. The number of nitrogens with one attached hydrogen (secondary N) is 1. The second kappa shape index (κ2) is 7.32. The van der Waals surface area contributed by atoms with Gasteiger partial charge in [0.1, 0.15) is 0 Å². The van der Waals surface area contributed by atoms with Crippen molar-refractivity contribution in [1.82, 2.24) is 25.5 Å². The molecule has 7 heteroatoms.